The number of aryl methyl sites for hydroxylation is 10. The van der Waals surface area contributed by atoms with Crippen molar-refractivity contribution < 1.29 is 52.7 Å². The minimum atomic E-state index is -5.69. The molecule has 3 aliphatic carbocycles. The van der Waals surface area contributed by atoms with E-state index in [-0.39, 0.29) is 43.2 Å². The number of anilines is 12. The summed E-state index contributed by atoms with van der Waals surface area (Å²) < 4.78 is 193. The van der Waals surface area contributed by atoms with Crippen LogP contribution in [0.25, 0.3) is 41.8 Å². The smallest absolute Gasteiger partial charge is 0.311 e. The molecule has 2 atom stereocenters. The Bertz CT molecular complexity index is 6490. The van der Waals surface area contributed by atoms with E-state index in [0.29, 0.717) is 53.0 Å². The van der Waals surface area contributed by atoms with Crippen LogP contribution in [-0.2, 0) is 0 Å². The molecule has 5 aliphatic rings. The second-order valence-corrected chi connectivity index (χ2v) is 41.4. The molecule has 2 unspecified atom stereocenters. The number of thiophene rings is 2. The Balaban J connectivity index is 0.000000179. The fraction of sp³-hybridized carbons (Fsp3) is 0.211. The highest BCUT2D eigenvalue weighted by Crippen LogP contribution is 2.78. The van der Waals surface area contributed by atoms with Gasteiger partial charge in [0.05, 0.1) is 9.49 Å². The molecule has 2 aromatic heterocycles. The number of fused-ring (bicyclic) bond motifs is 4. The van der Waals surface area contributed by atoms with Gasteiger partial charge >= 0.3 is 35.5 Å². The fourth-order valence-electron chi connectivity index (χ4n) is 19.4. The van der Waals surface area contributed by atoms with Gasteiger partial charge < -0.3 is 19.6 Å². The van der Waals surface area contributed by atoms with E-state index >= 15 is 52.7 Å². The molecule has 1 saturated carbocycles. The molecular weight excluding hydrogens is 1780 g/mol. The molecule has 1 fully saturated rings. The Kier molecular flexibility index (Phi) is 23.4. The standard InChI is InChI=1S/2C57H48F6N2S2/c1-33-9-21-41(22-10-33)64(42-23-11-34(2)12-24-42)45-29-17-39(18-30-45)51-37(5)47-49-50(56(60,61)57(62,63)55(49,58)59)48-38(6)52(67-54(48,8)53(47,7)66-51)40-19-31-46(32-20-40)65(43-25-13-35(3)14-26-43)44-27-15-36(4)16-28-44;1-33-9-21-43(22-10-33)64(44-23-11-34(2)12-24-44)47-29-17-41(18-30-47)53-37(5)49(39(7)66-53)51-52(56(60,61)57(62,63)55(51,58)59)50-38(6)54(67-40(50)8)42-19-31-48(32-20-42)65(45-25-13-35(3)14-26-45)46-27-15-36(4)16-28-46/h2*9-32H,1-8H3. The predicted octanol–water partition coefficient (Wildman–Crippen LogP) is 35.9. The van der Waals surface area contributed by atoms with Gasteiger partial charge in [0.15, 0.2) is 0 Å². The Labute approximate surface area is 791 Å². The third kappa shape index (κ3) is 15.1. The lowest BCUT2D eigenvalue weighted by molar-refractivity contribution is -0.258. The molecule has 2 aliphatic heterocycles. The summed E-state index contributed by atoms with van der Waals surface area (Å²) in [6, 6.07) is 95.6. The zero-order chi connectivity index (χ0) is 95.3. The van der Waals surface area contributed by atoms with Crippen molar-refractivity contribution in [1.29, 1.82) is 0 Å². The van der Waals surface area contributed by atoms with Crippen LogP contribution in [-0.4, -0.2) is 45.0 Å². The number of nitrogens with zero attached hydrogens (tertiary/aromatic N) is 4. The maximum absolute atomic E-state index is 16.6. The van der Waals surface area contributed by atoms with E-state index in [1.165, 1.54) is 37.4 Å². The molecule has 0 saturated heterocycles. The number of allylic oxidation sites excluding steroid dienone is 6. The number of thioether (sulfide) groups is 2. The molecule has 0 spiro atoms. The van der Waals surface area contributed by atoms with Crippen molar-refractivity contribution in [1.82, 2.24) is 0 Å². The maximum Gasteiger partial charge on any atom is 0.380 e. The first-order valence-electron chi connectivity index (χ1n) is 44.2. The molecule has 0 N–H and O–H groups in total. The normalized spacial score (nSPS) is 18.7. The number of hydrogen-bond acceptors (Lipinski definition) is 8. The molecule has 134 heavy (non-hydrogen) atoms. The van der Waals surface area contributed by atoms with Gasteiger partial charge in [-0.25, -0.2) is 0 Å². The first-order chi connectivity index (χ1) is 63.5. The van der Waals surface area contributed by atoms with Crippen LogP contribution in [0.2, 0.25) is 0 Å². The van der Waals surface area contributed by atoms with Gasteiger partial charge in [-0.3, -0.25) is 0 Å². The highest BCUT2D eigenvalue weighted by atomic mass is 32.2. The number of rotatable bonds is 18. The van der Waals surface area contributed by atoms with Gasteiger partial charge in [-0.15, -0.1) is 46.2 Å². The van der Waals surface area contributed by atoms with Crippen LogP contribution in [0.1, 0.15) is 115 Å². The van der Waals surface area contributed by atoms with Gasteiger partial charge in [-0.2, -0.15) is 52.7 Å². The topological polar surface area (TPSA) is 13.0 Å². The Morgan fingerprint density at radius 2 is 0.366 bits per heavy atom. The summed E-state index contributed by atoms with van der Waals surface area (Å²) in [5, 5.41) is 0. The van der Waals surface area contributed by atoms with Crippen molar-refractivity contribution in [2.24, 2.45) is 0 Å². The number of hydrogen-bond donors (Lipinski definition) is 0. The van der Waals surface area contributed by atoms with E-state index in [0.717, 1.165) is 135 Å². The summed E-state index contributed by atoms with van der Waals surface area (Å²) in [5.74, 6) is -32.0. The van der Waals surface area contributed by atoms with Crippen LogP contribution in [0.3, 0.4) is 0 Å². The average molecular weight is 1880 g/mol. The first kappa shape index (κ1) is 92.3. The van der Waals surface area contributed by atoms with Gasteiger partial charge in [0, 0.05) is 131 Å². The minimum Gasteiger partial charge on any atom is -0.311 e. The van der Waals surface area contributed by atoms with Crippen LogP contribution in [0.5, 0.6) is 0 Å². The number of halogens is 12. The largest absolute Gasteiger partial charge is 0.380 e. The first-order valence-corrected chi connectivity index (χ1v) is 47.5. The van der Waals surface area contributed by atoms with Crippen molar-refractivity contribution >= 4 is 135 Å². The molecule has 12 aromatic carbocycles. The highest BCUT2D eigenvalue weighted by molar-refractivity contribution is 8.14. The van der Waals surface area contributed by atoms with Crippen molar-refractivity contribution in [2.75, 3.05) is 19.6 Å². The zero-order valence-corrected chi connectivity index (χ0v) is 79.9. The third-order valence-corrected chi connectivity index (χ3v) is 33.0. The summed E-state index contributed by atoms with van der Waals surface area (Å²) in [5.41, 5.74) is 17.4. The second kappa shape index (κ2) is 34.0. The van der Waals surface area contributed by atoms with Crippen molar-refractivity contribution in [3.05, 3.63) is 412 Å². The van der Waals surface area contributed by atoms with E-state index in [1.54, 1.807) is 41.5 Å². The Morgan fingerprint density at radius 1 is 0.201 bits per heavy atom. The molecule has 0 amide bonds. The summed E-state index contributed by atoms with van der Waals surface area (Å²) in [6.45, 7) is 29.1. The van der Waals surface area contributed by atoms with Crippen molar-refractivity contribution in [3.8, 4) is 20.9 Å². The van der Waals surface area contributed by atoms with Crippen LogP contribution >= 0.6 is 46.2 Å². The summed E-state index contributed by atoms with van der Waals surface area (Å²) in [6.07, 6.45) is 0. The molecule has 0 radical (unpaired) electrons. The third-order valence-electron chi connectivity index (χ3n) is 26.8. The average Bonchev–Trinajstić information content (AvgIpc) is 1.47. The fourth-order valence-corrected chi connectivity index (χ4v) is 25.2. The van der Waals surface area contributed by atoms with Crippen molar-refractivity contribution in [3.63, 3.8) is 0 Å². The summed E-state index contributed by atoms with van der Waals surface area (Å²) >= 11 is 4.84. The lowest BCUT2D eigenvalue weighted by atomic mass is 9.68. The molecule has 20 heteroatoms. The van der Waals surface area contributed by atoms with Gasteiger partial charge in [0.2, 0.25) is 0 Å². The van der Waals surface area contributed by atoms with E-state index < -0.39 is 67.3 Å². The number of alkyl halides is 12. The quantitative estimate of drug-likeness (QED) is 0.0789. The second-order valence-electron chi connectivity index (χ2n) is 36.1. The molecule has 680 valence electrons. The summed E-state index contributed by atoms with van der Waals surface area (Å²) in [4.78, 5) is 11.1. The van der Waals surface area contributed by atoms with E-state index in [4.69, 9.17) is 0 Å². The van der Waals surface area contributed by atoms with E-state index in [1.807, 2.05) is 347 Å². The SMILES string of the molecule is CC1=C(c2ccc(N(c3ccc(C)cc3)c3ccc(C)cc3)cc2)SC2(C)C1=C1C(=C3C(C)=C(c4ccc(N(c5ccc(C)cc5)c5ccc(C)cc5)cc4)SC32C)C(F)(F)C(F)(F)C1(F)F.Cc1ccc(N(c2ccc(C)cc2)c2ccc(-c3sc(C)c(C4=C(c5c(C)sc(-c6ccc(N(c7ccc(C)cc7)c7ccc(C)cc7)cc6)c5C)C(F)(F)C(F)(F)C4(F)F)c3C)cc2)cc1. The molecule has 14 aromatic rings. The number of benzene rings is 12. The van der Waals surface area contributed by atoms with Crippen LogP contribution in [0, 0.1) is 83.1 Å². The van der Waals surface area contributed by atoms with Crippen LogP contribution in [0.4, 0.5) is 121 Å². The molecule has 0 bridgehead atoms. The van der Waals surface area contributed by atoms with E-state index in [2.05, 4.69) is 19.6 Å². The van der Waals surface area contributed by atoms with Crippen LogP contribution in [0.15, 0.2) is 325 Å². The monoisotopic (exact) mass is 1880 g/mol. The maximum atomic E-state index is 16.6. The molecular formula is C114H96F12N4S4. The van der Waals surface area contributed by atoms with Crippen molar-refractivity contribution in [2.45, 2.75) is 156 Å². The molecule has 19 rings (SSSR count). The molecule has 4 heterocycles. The summed E-state index contributed by atoms with van der Waals surface area (Å²) in [7, 11) is 0. The lowest BCUT2D eigenvalue weighted by Gasteiger charge is -2.48. The van der Waals surface area contributed by atoms with E-state index in [9.17, 15) is 0 Å². The predicted molar refractivity (Wildman–Crippen MR) is 536 cm³/mol. The van der Waals surface area contributed by atoms with Gasteiger partial charge in [0.1, 0.15) is 0 Å². The Morgan fingerprint density at radius 3 is 0.552 bits per heavy atom. The zero-order valence-electron chi connectivity index (χ0n) is 76.7. The van der Waals surface area contributed by atoms with Gasteiger partial charge in [0.25, 0.3) is 0 Å². The van der Waals surface area contributed by atoms with Gasteiger partial charge in [-0.05, 0) is 312 Å². The minimum absolute atomic E-state index is 0.149. The highest BCUT2D eigenvalue weighted by Gasteiger charge is 2.85. The Hall–Kier alpha value is -12.2. The lowest BCUT2D eigenvalue weighted by Crippen LogP contribution is -2.49. The van der Waals surface area contributed by atoms with Gasteiger partial charge in [-0.1, -0.05) is 190 Å². The van der Waals surface area contributed by atoms with Crippen LogP contribution < -0.4 is 19.6 Å². The molecule has 4 nitrogen and oxygen atoms in total.